The van der Waals surface area contributed by atoms with Crippen LogP contribution < -0.4 is 14.9 Å². The maximum absolute atomic E-state index is 13.5. The third kappa shape index (κ3) is 4.27. The van der Waals surface area contributed by atoms with E-state index in [4.69, 9.17) is 4.74 Å². The molecule has 2 aromatic carbocycles. The molecule has 0 saturated heterocycles. The number of carbonyl (C=O) groups is 1. The minimum absolute atomic E-state index is 0.0253. The molecule has 33 heavy (non-hydrogen) atoms. The van der Waals surface area contributed by atoms with Crippen LogP contribution in [0.4, 0.5) is 5.69 Å². The maximum atomic E-state index is 13.5. The first-order chi connectivity index (χ1) is 15.8. The van der Waals surface area contributed by atoms with Gasteiger partial charge in [0.15, 0.2) is 4.80 Å². The Morgan fingerprint density at radius 2 is 1.85 bits per heavy atom. The summed E-state index contributed by atoms with van der Waals surface area (Å²) in [5.74, 6) is -0.506. The zero-order valence-electron chi connectivity index (χ0n) is 18.3. The van der Waals surface area contributed by atoms with Crippen molar-refractivity contribution in [2.24, 2.45) is 4.99 Å². The second-order valence-corrected chi connectivity index (χ2v) is 8.57. The van der Waals surface area contributed by atoms with Gasteiger partial charge >= 0.3 is 5.97 Å². The van der Waals surface area contributed by atoms with E-state index in [0.717, 1.165) is 11.1 Å². The molecule has 0 N–H and O–H groups in total. The third-order valence-corrected chi connectivity index (χ3v) is 6.29. The summed E-state index contributed by atoms with van der Waals surface area (Å²) < 4.78 is 7.22. The van der Waals surface area contributed by atoms with Crippen LogP contribution in [0.2, 0.25) is 0 Å². The summed E-state index contributed by atoms with van der Waals surface area (Å²) in [5, 5.41) is 10.9. The molecular weight excluding hydrogens is 442 g/mol. The summed E-state index contributed by atoms with van der Waals surface area (Å²) in [5.41, 5.74) is 3.00. The first kappa shape index (κ1) is 22.3. The van der Waals surface area contributed by atoms with Crippen molar-refractivity contribution in [1.82, 2.24) is 4.57 Å². The van der Waals surface area contributed by atoms with Crippen molar-refractivity contribution >= 4 is 29.1 Å². The number of nitrogens with zero attached hydrogens (tertiary/aromatic N) is 3. The molecule has 0 aliphatic carbocycles. The lowest BCUT2D eigenvalue weighted by Crippen LogP contribution is -2.39. The van der Waals surface area contributed by atoms with Gasteiger partial charge in [0.1, 0.15) is 0 Å². The zero-order valence-corrected chi connectivity index (χ0v) is 19.1. The Bertz CT molecular complexity index is 1450. The summed E-state index contributed by atoms with van der Waals surface area (Å²) in [6.07, 6.45) is 1.67. The van der Waals surface area contributed by atoms with Gasteiger partial charge in [-0.15, -0.1) is 0 Å². The highest BCUT2D eigenvalue weighted by atomic mass is 32.1. The molecule has 9 heteroatoms. The second kappa shape index (κ2) is 8.95. The van der Waals surface area contributed by atoms with E-state index in [0.29, 0.717) is 26.2 Å². The molecule has 168 valence electrons. The summed E-state index contributed by atoms with van der Waals surface area (Å²) in [6.45, 7) is 5.64. The Balaban J connectivity index is 1.90. The molecule has 0 fully saturated rings. The number of nitro groups is 1. The van der Waals surface area contributed by atoms with E-state index < -0.39 is 16.9 Å². The van der Waals surface area contributed by atoms with E-state index in [1.165, 1.54) is 28.0 Å². The predicted octanol–water partition coefficient (Wildman–Crippen LogP) is 3.01. The number of hydrogen-bond acceptors (Lipinski definition) is 7. The molecule has 8 nitrogen and oxygen atoms in total. The number of nitro benzene ring substituents is 1. The summed E-state index contributed by atoms with van der Waals surface area (Å²) in [4.78, 5) is 41.8. The summed E-state index contributed by atoms with van der Waals surface area (Å²) >= 11 is 1.21. The fourth-order valence-corrected chi connectivity index (χ4v) is 4.75. The van der Waals surface area contributed by atoms with E-state index in [9.17, 15) is 19.7 Å². The van der Waals surface area contributed by atoms with Gasteiger partial charge in [-0.25, -0.2) is 9.79 Å². The molecule has 1 aliphatic rings. The topological polar surface area (TPSA) is 104 Å². The van der Waals surface area contributed by atoms with Crippen LogP contribution in [0.3, 0.4) is 0 Å². The van der Waals surface area contributed by atoms with E-state index in [1.54, 1.807) is 32.1 Å². The average Bonchev–Trinajstić information content (AvgIpc) is 3.08. The highest BCUT2D eigenvalue weighted by molar-refractivity contribution is 7.07. The molecule has 1 aliphatic heterocycles. The number of aromatic nitrogens is 1. The Kier molecular flexibility index (Phi) is 6.06. The van der Waals surface area contributed by atoms with Gasteiger partial charge in [-0.2, -0.15) is 0 Å². The van der Waals surface area contributed by atoms with Crippen molar-refractivity contribution in [2.45, 2.75) is 26.8 Å². The Morgan fingerprint density at radius 3 is 2.45 bits per heavy atom. The van der Waals surface area contributed by atoms with Gasteiger partial charge in [-0.1, -0.05) is 41.2 Å². The first-order valence-corrected chi connectivity index (χ1v) is 11.1. The number of benzene rings is 2. The molecule has 1 atom stereocenters. The Hall–Kier alpha value is -3.85. The van der Waals surface area contributed by atoms with Gasteiger partial charge in [-0.05, 0) is 50.1 Å². The van der Waals surface area contributed by atoms with Crippen LogP contribution in [-0.4, -0.2) is 22.1 Å². The lowest BCUT2D eigenvalue weighted by molar-refractivity contribution is -0.384. The molecule has 3 aromatic rings. The summed E-state index contributed by atoms with van der Waals surface area (Å²) in [6, 6.07) is 12.9. The highest BCUT2D eigenvalue weighted by Crippen LogP contribution is 2.30. The average molecular weight is 464 g/mol. The van der Waals surface area contributed by atoms with Crippen LogP contribution >= 0.6 is 11.3 Å². The van der Waals surface area contributed by atoms with Crippen molar-refractivity contribution in [1.29, 1.82) is 0 Å². The van der Waals surface area contributed by atoms with Gasteiger partial charge < -0.3 is 4.74 Å². The third-order valence-electron chi connectivity index (χ3n) is 5.31. The van der Waals surface area contributed by atoms with Gasteiger partial charge in [-0.3, -0.25) is 19.5 Å². The molecule has 0 radical (unpaired) electrons. The van der Waals surface area contributed by atoms with Crippen LogP contribution in [0.25, 0.3) is 6.08 Å². The number of thiazole rings is 1. The fraction of sp³-hybridized carbons (Fsp3) is 0.208. The summed E-state index contributed by atoms with van der Waals surface area (Å²) in [7, 11) is 0. The molecule has 1 unspecified atom stereocenters. The van der Waals surface area contributed by atoms with Gasteiger partial charge in [0.2, 0.25) is 0 Å². The fourth-order valence-electron chi connectivity index (χ4n) is 3.70. The number of fused-ring (bicyclic) bond motifs is 1. The normalized spacial score (nSPS) is 15.7. The van der Waals surface area contributed by atoms with E-state index in [1.807, 2.05) is 31.2 Å². The zero-order chi connectivity index (χ0) is 23.7. The van der Waals surface area contributed by atoms with E-state index in [-0.39, 0.29) is 17.9 Å². The molecule has 2 heterocycles. The molecule has 0 spiro atoms. The van der Waals surface area contributed by atoms with Crippen molar-refractivity contribution in [3.05, 3.63) is 106 Å². The van der Waals surface area contributed by atoms with Crippen molar-refractivity contribution in [3.63, 3.8) is 0 Å². The molecular formula is C24H21N3O5S. The molecule has 0 amide bonds. The van der Waals surface area contributed by atoms with Crippen LogP contribution in [0, 0.1) is 17.0 Å². The Morgan fingerprint density at radius 1 is 1.18 bits per heavy atom. The van der Waals surface area contributed by atoms with Crippen LogP contribution in [0.5, 0.6) is 0 Å². The smallest absolute Gasteiger partial charge is 0.338 e. The van der Waals surface area contributed by atoms with Crippen LogP contribution in [0.1, 0.15) is 36.6 Å². The standard InChI is InChI=1S/C24H21N3O5S/c1-4-32-23(29)20-15(3)25-24-26(21(20)17-9-5-14(2)6-10-17)22(28)19(33-24)13-16-7-11-18(12-8-16)27(30)31/h5-13,21H,4H2,1-3H3. The largest absolute Gasteiger partial charge is 0.463 e. The lowest BCUT2D eigenvalue weighted by Gasteiger charge is -2.24. The minimum atomic E-state index is -0.667. The molecule has 4 rings (SSSR count). The van der Waals surface area contributed by atoms with Crippen molar-refractivity contribution < 1.29 is 14.5 Å². The van der Waals surface area contributed by atoms with Gasteiger partial charge in [0, 0.05) is 12.1 Å². The molecule has 0 saturated carbocycles. The predicted molar refractivity (Wildman–Crippen MR) is 125 cm³/mol. The Labute approximate surface area is 192 Å². The second-order valence-electron chi connectivity index (χ2n) is 7.56. The quantitative estimate of drug-likeness (QED) is 0.329. The number of aryl methyl sites for hydroxylation is 1. The first-order valence-electron chi connectivity index (χ1n) is 10.3. The van der Waals surface area contributed by atoms with Crippen LogP contribution in [-0.2, 0) is 9.53 Å². The van der Waals surface area contributed by atoms with E-state index in [2.05, 4.69) is 4.99 Å². The van der Waals surface area contributed by atoms with Crippen molar-refractivity contribution in [2.75, 3.05) is 6.61 Å². The lowest BCUT2D eigenvalue weighted by atomic mass is 9.95. The number of non-ortho nitro benzene ring substituents is 1. The maximum Gasteiger partial charge on any atom is 0.338 e. The monoisotopic (exact) mass is 463 g/mol. The van der Waals surface area contributed by atoms with Gasteiger partial charge in [0.25, 0.3) is 11.2 Å². The number of ether oxygens (including phenoxy) is 1. The minimum Gasteiger partial charge on any atom is -0.463 e. The molecule has 0 bridgehead atoms. The van der Waals surface area contributed by atoms with Crippen molar-refractivity contribution in [3.8, 4) is 0 Å². The number of allylic oxidation sites excluding steroid dienone is 1. The number of hydrogen-bond donors (Lipinski definition) is 0. The van der Waals surface area contributed by atoms with Crippen LogP contribution in [0.15, 0.2) is 69.6 Å². The SMILES string of the molecule is CCOC(=O)C1=C(C)N=c2sc(=Cc3ccc([N+](=O)[O-])cc3)c(=O)n2C1c1ccc(C)cc1. The van der Waals surface area contributed by atoms with Gasteiger partial charge in [0.05, 0.1) is 33.4 Å². The number of carbonyl (C=O) groups excluding carboxylic acids is 1. The molecule has 1 aromatic heterocycles. The van der Waals surface area contributed by atoms with E-state index >= 15 is 0 Å². The number of rotatable bonds is 5. The highest BCUT2D eigenvalue weighted by Gasteiger charge is 2.33. The number of esters is 1.